The number of nitrogens with one attached hydrogen (secondary N) is 1. The van der Waals surface area contributed by atoms with Gasteiger partial charge in [-0.1, -0.05) is 0 Å². The van der Waals surface area contributed by atoms with E-state index in [-0.39, 0.29) is 0 Å². The van der Waals surface area contributed by atoms with Crippen LogP contribution in [-0.2, 0) is 0 Å². The average molecular weight is 275 g/mol. The number of likely N-dealkylation sites (tertiary alicyclic amines) is 1. The SMILES string of the molecule is Cc1c(N)nc(C2CC2)nc1NCC(C)N1CCCC1. The van der Waals surface area contributed by atoms with Crippen LogP contribution in [0.5, 0.6) is 0 Å². The summed E-state index contributed by atoms with van der Waals surface area (Å²) in [5.41, 5.74) is 6.99. The summed E-state index contributed by atoms with van der Waals surface area (Å²) in [6, 6.07) is 0.539. The molecule has 1 saturated heterocycles. The first-order valence-corrected chi connectivity index (χ1v) is 7.77. The van der Waals surface area contributed by atoms with Crippen LogP contribution in [0.2, 0.25) is 0 Å². The highest BCUT2D eigenvalue weighted by molar-refractivity contribution is 5.55. The average Bonchev–Trinajstić information content (AvgIpc) is 3.14. The zero-order valence-corrected chi connectivity index (χ0v) is 12.5. The number of rotatable bonds is 5. The molecule has 5 nitrogen and oxygen atoms in total. The summed E-state index contributed by atoms with van der Waals surface area (Å²) in [5.74, 6) is 3.00. The van der Waals surface area contributed by atoms with E-state index in [0.29, 0.717) is 17.8 Å². The quantitative estimate of drug-likeness (QED) is 0.862. The number of hydrogen-bond acceptors (Lipinski definition) is 5. The maximum absolute atomic E-state index is 6.01. The van der Waals surface area contributed by atoms with Gasteiger partial charge in [-0.2, -0.15) is 0 Å². The van der Waals surface area contributed by atoms with Gasteiger partial charge in [0.1, 0.15) is 17.5 Å². The van der Waals surface area contributed by atoms with Crippen LogP contribution in [0.3, 0.4) is 0 Å². The molecule has 3 rings (SSSR count). The van der Waals surface area contributed by atoms with Gasteiger partial charge in [0.15, 0.2) is 0 Å². The Morgan fingerprint density at radius 3 is 2.65 bits per heavy atom. The Kier molecular flexibility index (Phi) is 3.78. The predicted octanol–water partition coefficient (Wildman–Crippen LogP) is 2.14. The molecule has 1 aliphatic heterocycles. The molecule has 0 spiro atoms. The van der Waals surface area contributed by atoms with Crippen molar-refractivity contribution >= 4 is 11.6 Å². The van der Waals surface area contributed by atoms with Gasteiger partial charge < -0.3 is 11.1 Å². The number of nitrogen functional groups attached to an aromatic ring is 1. The van der Waals surface area contributed by atoms with Crippen LogP contribution in [0.25, 0.3) is 0 Å². The van der Waals surface area contributed by atoms with Crippen LogP contribution in [0.4, 0.5) is 11.6 Å². The van der Waals surface area contributed by atoms with Crippen LogP contribution in [0.15, 0.2) is 0 Å². The number of nitrogens with two attached hydrogens (primary N) is 1. The molecule has 0 radical (unpaired) electrons. The maximum atomic E-state index is 6.01. The second-order valence-corrected chi connectivity index (χ2v) is 6.19. The predicted molar refractivity (Wildman–Crippen MR) is 81.9 cm³/mol. The number of hydrogen-bond donors (Lipinski definition) is 2. The minimum atomic E-state index is 0.537. The van der Waals surface area contributed by atoms with Crippen molar-refractivity contribution in [2.24, 2.45) is 0 Å². The normalized spacial score (nSPS) is 21.1. The lowest BCUT2D eigenvalue weighted by atomic mass is 10.2. The topological polar surface area (TPSA) is 67.1 Å². The summed E-state index contributed by atoms with van der Waals surface area (Å²) in [7, 11) is 0. The summed E-state index contributed by atoms with van der Waals surface area (Å²) < 4.78 is 0. The van der Waals surface area contributed by atoms with E-state index in [1.807, 2.05) is 6.92 Å². The van der Waals surface area contributed by atoms with Gasteiger partial charge in [-0.25, -0.2) is 9.97 Å². The molecule has 0 amide bonds. The molecule has 2 heterocycles. The van der Waals surface area contributed by atoms with Gasteiger partial charge in [0.05, 0.1) is 0 Å². The smallest absolute Gasteiger partial charge is 0.136 e. The highest BCUT2D eigenvalue weighted by Gasteiger charge is 2.28. The van der Waals surface area contributed by atoms with Crippen LogP contribution in [0, 0.1) is 6.92 Å². The largest absolute Gasteiger partial charge is 0.383 e. The number of aromatic nitrogens is 2. The molecular weight excluding hydrogens is 250 g/mol. The molecule has 3 N–H and O–H groups in total. The summed E-state index contributed by atoms with van der Waals surface area (Å²) in [5, 5.41) is 3.48. The molecule has 110 valence electrons. The molecule has 1 aromatic heterocycles. The summed E-state index contributed by atoms with van der Waals surface area (Å²) in [6.07, 6.45) is 5.06. The Morgan fingerprint density at radius 1 is 1.30 bits per heavy atom. The Morgan fingerprint density at radius 2 is 2.00 bits per heavy atom. The fraction of sp³-hybridized carbons (Fsp3) is 0.733. The lowest BCUT2D eigenvalue weighted by Gasteiger charge is -2.24. The monoisotopic (exact) mass is 275 g/mol. The first-order valence-electron chi connectivity index (χ1n) is 7.77. The Bertz CT molecular complexity index is 477. The van der Waals surface area contributed by atoms with Crippen molar-refractivity contribution in [3.63, 3.8) is 0 Å². The van der Waals surface area contributed by atoms with E-state index in [0.717, 1.165) is 23.8 Å². The third kappa shape index (κ3) is 2.87. The lowest BCUT2D eigenvalue weighted by Crippen LogP contribution is -2.35. The minimum Gasteiger partial charge on any atom is -0.383 e. The molecule has 2 aliphatic rings. The third-order valence-corrected chi connectivity index (χ3v) is 4.47. The maximum Gasteiger partial charge on any atom is 0.136 e. The van der Waals surface area contributed by atoms with Crippen molar-refractivity contribution in [2.45, 2.75) is 51.5 Å². The zero-order valence-electron chi connectivity index (χ0n) is 12.5. The van der Waals surface area contributed by atoms with Gasteiger partial charge in [-0.15, -0.1) is 0 Å². The number of anilines is 2. The molecule has 0 aromatic carbocycles. The molecule has 0 bridgehead atoms. The zero-order chi connectivity index (χ0) is 14.1. The van der Waals surface area contributed by atoms with Crippen LogP contribution >= 0.6 is 0 Å². The van der Waals surface area contributed by atoms with Crippen molar-refractivity contribution in [3.8, 4) is 0 Å². The van der Waals surface area contributed by atoms with E-state index in [2.05, 4.69) is 27.1 Å². The molecule has 20 heavy (non-hydrogen) atoms. The summed E-state index contributed by atoms with van der Waals surface area (Å²) >= 11 is 0. The van der Waals surface area contributed by atoms with Crippen LogP contribution in [0.1, 0.15) is 49.9 Å². The standard InChI is InChI=1S/C15H25N5/c1-10(20-7-3-4-8-20)9-17-14-11(2)13(16)18-15(19-14)12-5-6-12/h10,12H,3-9H2,1-2H3,(H3,16,17,18,19). The molecule has 1 saturated carbocycles. The molecule has 1 atom stereocenters. The fourth-order valence-electron chi connectivity index (χ4n) is 2.80. The van der Waals surface area contributed by atoms with Gasteiger partial charge >= 0.3 is 0 Å². The Balaban J connectivity index is 1.66. The minimum absolute atomic E-state index is 0.537. The summed E-state index contributed by atoms with van der Waals surface area (Å²) in [6.45, 7) is 7.64. The molecule has 1 aromatic rings. The first kappa shape index (κ1) is 13.6. The molecule has 2 fully saturated rings. The molecular formula is C15H25N5. The van der Waals surface area contributed by atoms with Crippen molar-refractivity contribution < 1.29 is 0 Å². The second kappa shape index (κ2) is 5.56. The van der Waals surface area contributed by atoms with E-state index in [1.165, 1.54) is 38.8 Å². The highest BCUT2D eigenvalue weighted by Crippen LogP contribution is 2.39. The van der Waals surface area contributed by atoms with Crippen LogP contribution in [-0.4, -0.2) is 40.5 Å². The van der Waals surface area contributed by atoms with Crippen molar-refractivity contribution in [1.29, 1.82) is 0 Å². The lowest BCUT2D eigenvalue weighted by molar-refractivity contribution is 0.269. The van der Waals surface area contributed by atoms with Gasteiger partial charge in [-0.3, -0.25) is 4.90 Å². The van der Waals surface area contributed by atoms with Crippen LogP contribution < -0.4 is 11.1 Å². The van der Waals surface area contributed by atoms with Gasteiger partial charge in [0, 0.05) is 24.1 Å². The van der Waals surface area contributed by atoms with Gasteiger partial charge in [-0.05, 0) is 52.6 Å². The van der Waals surface area contributed by atoms with E-state index in [4.69, 9.17) is 5.73 Å². The summed E-state index contributed by atoms with van der Waals surface area (Å²) in [4.78, 5) is 11.6. The van der Waals surface area contributed by atoms with Crippen molar-refractivity contribution in [1.82, 2.24) is 14.9 Å². The Hall–Kier alpha value is -1.36. The number of nitrogens with zero attached hydrogens (tertiary/aromatic N) is 3. The van der Waals surface area contributed by atoms with Gasteiger partial charge in [0.2, 0.25) is 0 Å². The fourth-order valence-corrected chi connectivity index (χ4v) is 2.80. The van der Waals surface area contributed by atoms with E-state index < -0.39 is 0 Å². The highest BCUT2D eigenvalue weighted by atomic mass is 15.2. The first-order chi connectivity index (χ1) is 9.65. The second-order valence-electron chi connectivity index (χ2n) is 6.19. The van der Waals surface area contributed by atoms with Crippen molar-refractivity contribution in [3.05, 3.63) is 11.4 Å². The van der Waals surface area contributed by atoms with E-state index in [9.17, 15) is 0 Å². The molecule has 1 aliphatic carbocycles. The Labute approximate surface area is 121 Å². The van der Waals surface area contributed by atoms with E-state index >= 15 is 0 Å². The molecule has 1 unspecified atom stereocenters. The van der Waals surface area contributed by atoms with Gasteiger partial charge in [0.25, 0.3) is 0 Å². The third-order valence-electron chi connectivity index (χ3n) is 4.47. The van der Waals surface area contributed by atoms with E-state index in [1.54, 1.807) is 0 Å². The van der Waals surface area contributed by atoms with Crippen molar-refractivity contribution in [2.75, 3.05) is 30.7 Å². The molecule has 5 heteroatoms.